The molecule has 0 saturated heterocycles. The number of nitrogens with zero attached hydrogens (tertiary/aromatic N) is 10. The Balaban J connectivity index is 0.00000153. The third kappa shape index (κ3) is 12.8. The zero-order valence-corrected chi connectivity index (χ0v) is 41.5. The maximum Gasteiger partial charge on any atom is 0.296 e. The fourth-order valence-corrected chi connectivity index (χ4v) is 9.10. The van der Waals surface area contributed by atoms with Crippen LogP contribution in [0.2, 0.25) is 0 Å². The Kier molecular flexibility index (Phi) is 17.6. The van der Waals surface area contributed by atoms with E-state index in [2.05, 4.69) is 65.5 Å². The van der Waals surface area contributed by atoms with Crippen LogP contribution >= 0.6 is 35.4 Å². The second-order valence-corrected chi connectivity index (χ2v) is 19.9. The van der Waals surface area contributed by atoms with Crippen molar-refractivity contribution < 1.29 is 85.1 Å². The van der Waals surface area contributed by atoms with Crippen molar-refractivity contribution in [3.63, 3.8) is 0 Å². The number of aliphatic hydroxyl groups is 2. The van der Waals surface area contributed by atoms with Crippen LogP contribution in [0.15, 0.2) is 118 Å². The van der Waals surface area contributed by atoms with E-state index in [1.54, 1.807) is 42.5 Å². The van der Waals surface area contributed by atoms with Crippen LogP contribution < -0.4 is 9.47 Å². The number of thiazole rings is 1. The smallest absolute Gasteiger partial charge is 0.296 e. The van der Waals surface area contributed by atoms with Gasteiger partial charge >= 0.3 is 0 Å². The summed E-state index contributed by atoms with van der Waals surface area (Å²) in [7, 11) is -8.74. The second-order valence-electron chi connectivity index (χ2n) is 14.5. The number of pyridine rings is 1. The minimum absolute atomic E-state index is 0.0182. The number of ether oxygens (including phenoxy) is 2. The molecule has 0 amide bonds. The number of nitriles is 1. The van der Waals surface area contributed by atoms with Gasteiger partial charge in [-0.1, -0.05) is 33.5 Å². The Labute approximate surface area is 427 Å². The SMILES string of the molecule is CS(=O)(=O)O.Cc1c(N=Nc2cc3c(O)c(N=Nc4cc(OCCO)c(N=Nc5nc6ccc(SOOO)cc6s5)cc4OCCO)c(SOOO)cc3cc2S(=O)(=O)O)c(O)n2c(nc3ccccc32)c1C#N. The summed E-state index contributed by atoms with van der Waals surface area (Å²) < 4.78 is 84.4. The average Bonchev–Trinajstić information content (AvgIpc) is 3.96. The Morgan fingerprint density at radius 3 is 2.01 bits per heavy atom. The molecule has 0 radical (unpaired) electrons. The monoisotopic (exact) mass is 1110 g/mol. The van der Waals surface area contributed by atoms with E-state index < -0.39 is 55.7 Å². The summed E-state index contributed by atoms with van der Waals surface area (Å²) in [5, 5.41) is 103. The van der Waals surface area contributed by atoms with Crippen LogP contribution in [0.5, 0.6) is 23.1 Å². The average molecular weight is 1120 g/mol. The van der Waals surface area contributed by atoms with E-state index in [0.717, 1.165) is 24.2 Å². The molecule has 0 aliphatic heterocycles. The molecule has 33 heteroatoms. The van der Waals surface area contributed by atoms with Crippen molar-refractivity contribution in [2.45, 2.75) is 21.6 Å². The van der Waals surface area contributed by atoms with E-state index in [9.17, 15) is 47.1 Å². The van der Waals surface area contributed by atoms with Crippen molar-refractivity contribution in [1.29, 1.82) is 5.26 Å². The zero-order valence-electron chi connectivity index (χ0n) is 37.4. The third-order valence-corrected chi connectivity index (χ3v) is 12.6. The van der Waals surface area contributed by atoms with Crippen molar-refractivity contribution in [2.75, 3.05) is 32.7 Å². The van der Waals surface area contributed by atoms with Crippen LogP contribution in [0.1, 0.15) is 11.1 Å². The van der Waals surface area contributed by atoms with Gasteiger partial charge in [-0.05, 0) is 60.8 Å². The number of rotatable bonds is 19. The third-order valence-electron chi connectivity index (χ3n) is 9.62. The maximum absolute atomic E-state index is 12.8. The molecule has 3 heterocycles. The molecule has 28 nitrogen and oxygen atoms in total. The first-order valence-electron chi connectivity index (χ1n) is 20.2. The van der Waals surface area contributed by atoms with Gasteiger partial charge < -0.3 is 29.9 Å². The summed E-state index contributed by atoms with van der Waals surface area (Å²) in [5.41, 5.74) is 0.649. The van der Waals surface area contributed by atoms with Gasteiger partial charge in [-0.15, -0.1) is 39.4 Å². The topological polar surface area (TPSA) is 414 Å². The molecule has 0 aliphatic carbocycles. The highest BCUT2D eigenvalue weighted by Gasteiger charge is 2.25. The molecule has 0 unspecified atom stereocenters. The normalized spacial score (nSPS) is 12.2. The summed E-state index contributed by atoms with van der Waals surface area (Å²) in [6.07, 6.45) is 0.715. The Hall–Kier alpha value is -7.11. The lowest BCUT2D eigenvalue weighted by molar-refractivity contribution is -0.432. The number of benzene rings is 5. The number of phenols is 1. The predicted molar refractivity (Wildman–Crippen MR) is 262 cm³/mol. The van der Waals surface area contributed by atoms with Crippen LogP contribution in [0.25, 0.3) is 37.7 Å². The second kappa shape index (κ2) is 23.8. The van der Waals surface area contributed by atoms with E-state index in [0.29, 0.717) is 44.4 Å². The van der Waals surface area contributed by atoms with Gasteiger partial charge in [0.05, 0.1) is 69.7 Å². The Morgan fingerprint density at radius 2 is 1.38 bits per heavy atom. The first-order valence-corrected chi connectivity index (χ1v) is 25.8. The van der Waals surface area contributed by atoms with Gasteiger partial charge in [-0.25, -0.2) is 20.5 Å². The molecule has 0 bridgehead atoms. The standard InChI is InChI=1S/C40H30N10O15S4.CH4O3S/c1-19-23(18-41)38-42-24-4-2-3-5-29(24)50(38)39(54)35(19)47-46-28-15-22-20(13-34(28)69(57,58)59)12-33(68-65-63-56)36(37(22)53)48-44-26-16-31(61-11-9-52)27(17-30(26)60-10-8-51)45-49-40-43-25-7-6-21(67-64-62-55)14-32(25)66-40;1-5(2,3)4/h2-7,12-17,51-56H,8-11H2,1H3,(H,57,58,59);1H3,(H,2,3,4). The molecule has 8 N–H and O–H groups in total. The van der Waals surface area contributed by atoms with Crippen molar-refractivity contribution in [3.05, 3.63) is 83.9 Å². The van der Waals surface area contributed by atoms with Crippen LogP contribution in [0.3, 0.4) is 0 Å². The van der Waals surface area contributed by atoms with Gasteiger partial charge in [-0.2, -0.15) is 22.1 Å². The number of hydrogen-bond donors (Lipinski definition) is 8. The summed E-state index contributed by atoms with van der Waals surface area (Å²) in [5.74, 6) is -1.17. The number of hydrogen-bond acceptors (Lipinski definition) is 28. The quantitative estimate of drug-likeness (QED) is 0.0123. The molecule has 0 spiro atoms. The highest BCUT2D eigenvalue weighted by molar-refractivity contribution is 7.95. The number of fused-ring (bicyclic) bond motifs is 5. The molecule has 74 heavy (non-hydrogen) atoms. The van der Waals surface area contributed by atoms with Crippen LogP contribution in [0, 0.1) is 18.3 Å². The summed E-state index contributed by atoms with van der Waals surface area (Å²) in [4.78, 5) is 8.58. The summed E-state index contributed by atoms with van der Waals surface area (Å²) in [6, 6.07) is 19.8. The largest absolute Gasteiger partial charge is 0.505 e. The fourth-order valence-electron chi connectivity index (χ4n) is 6.66. The number of aromatic hydroxyl groups is 2. The van der Waals surface area contributed by atoms with Gasteiger partial charge in [0.1, 0.15) is 64.0 Å². The van der Waals surface area contributed by atoms with Crippen molar-refractivity contribution in [1.82, 2.24) is 14.4 Å². The van der Waals surface area contributed by atoms with Gasteiger partial charge in [0, 0.05) is 28.0 Å². The minimum atomic E-state index is -5.08. The molecule has 0 aliphatic rings. The predicted octanol–water partition coefficient (Wildman–Crippen LogP) is 9.44. The lowest BCUT2D eigenvalue weighted by Gasteiger charge is -2.13. The van der Waals surface area contributed by atoms with Crippen LogP contribution in [-0.2, 0) is 39.0 Å². The first kappa shape index (κ1) is 54.7. The molecule has 0 saturated carbocycles. The number of imidazole rings is 1. The highest BCUT2D eigenvalue weighted by Crippen LogP contribution is 2.48. The fraction of sp³-hybridized carbons (Fsp3) is 0.146. The number of para-hydroxylation sites is 2. The number of phenolic OH excluding ortho intramolecular Hbond substituents is 1. The molecule has 3 aromatic heterocycles. The maximum atomic E-state index is 12.8. The van der Waals surface area contributed by atoms with Gasteiger partial charge in [0.15, 0.2) is 17.1 Å². The number of azo groups is 3. The van der Waals surface area contributed by atoms with Gasteiger partial charge in [0.25, 0.3) is 20.2 Å². The molecule has 0 fully saturated rings. The van der Waals surface area contributed by atoms with Crippen molar-refractivity contribution >= 4 is 127 Å². The van der Waals surface area contributed by atoms with Crippen LogP contribution in [-0.4, -0.2) is 104 Å². The van der Waals surface area contributed by atoms with E-state index >= 15 is 0 Å². The van der Waals surface area contributed by atoms with Crippen molar-refractivity contribution in [2.24, 2.45) is 30.7 Å². The Morgan fingerprint density at radius 1 is 0.757 bits per heavy atom. The van der Waals surface area contributed by atoms with E-state index in [1.165, 1.54) is 40.9 Å². The number of aliphatic hydroxyl groups excluding tert-OH is 2. The van der Waals surface area contributed by atoms with E-state index in [1.807, 2.05) is 0 Å². The number of aromatic nitrogens is 3. The molecular formula is C41H34N10O18S5. The molecule has 386 valence electrons. The first-order chi connectivity index (χ1) is 35.4. The molecule has 5 aromatic carbocycles. The molecule has 0 atom stereocenters. The lowest BCUT2D eigenvalue weighted by Crippen LogP contribution is -2.04. The highest BCUT2D eigenvalue weighted by atomic mass is 32.2. The van der Waals surface area contributed by atoms with E-state index in [4.69, 9.17) is 24.5 Å². The van der Waals surface area contributed by atoms with Gasteiger partial charge in [-0.3, -0.25) is 13.5 Å². The summed E-state index contributed by atoms with van der Waals surface area (Å²) >= 11 is 2.25. The minimum Gasteiger partial charge on any atom is -0.505 e. The Bertz CT molecular complexity index is 3790. The van der Waals surface area contributed by atoms with Crippen molar-refractivity contribution in [3.8, 4) is 29.2 Å². The van der Waals surface area contributed by atoms with Gasteiger partial charge in [0.2, 0.25) is 11.0 Å². The van der Waals surface area contributed by atoms with Crippen LogP contribution in [0.4, 0.5) is 33.6 Å². The van der Waals surface area contributed by atoms with E-state index in [-0.39, 0.29) is 85.0 Å². The zero-order chi connectivity index (χ0) is 53.3. The molecular weight excluding hydrogens is 1080 g/mol. The molecule has 8 aromatic rings. The summed E-state index contributed by atoms with van der Waals surface area (Å²) in [6.45, 7) is 0.198. The lowest BCUT2D eigenvalue weighted by atomic mass is 10.1. The molecule has 8 rings (SSSR count).